The van der Waals surface area contributed by atoms with E-state index in [1.54, 1.807) is 6.26 Å². The van der Waals surface area contributed by atoms with Gasteiger partial charge < -0.3 is 9.32 Å². The van der Waals surface area contributed by atoms with Crippen LogP contribution in [0.1, 0.15) is 23.6 Å². The van der Waals surface area contributed by atoms with Gasteiger partial charge in [0.15, 0.2) is 0 Å². The fourth-order valence-corrected chi connectivity index (χ4v) is 3.83. The second-order valence-corrected chi connectivity index (χ2v) is 6.91. The van der Waals surface area contributed by atoms with Crippen LogP contribution in [0.5, 0.6) is 0 Å². The number of aromatic amines is 1. The third kappa shape index (κ3) is 3.25. The molecule has 5 nitrogen and oxygen atoms in total. The van der Waals surface area contributed by atoms with Gasteiger partial charge in [0.1, 0.15) is 5.76 Å². The predicted octanol–water partition coefficient (Wildman–Crippen LogP) is 3.40. The summed E-state index contributed by atoms with van der Waals surface area (Å²) in [5.74, 6) is 0.899. The van der Waals surface area contributed by atoms with Gasteiger partial charge in [-0.15, -0.1) is 0 Å². The molecule has 1 saturated heterocycles. The van der Waals surface area contributed by atoms with Crippen LogP contribution in [0.25, 0.3) is 11.3 Å². The van der Waals surface area contributed by atoms with Gasteiger partial charge in [0.2, 0.25) is 0 Å². The number of benzene rings is 1. The van der Waals surface area contributed by atoms with Crippen molar-refractivity contribution in [1.82, 2.24) is 20.0 Å². The number of furan rings is 1. The van der Waals surface area contributed by atoms with Gasteiger partial charge in [-0.25, -0.2) is 0 Å². The first kappa shape index (κ1) is 16.1. The maximum Gasteiger partial charge on any atom is 0.133 e. The number of nitrogens with one attached hydrogen (secondary N) is 1. The Kier molecular flexibility index (Phi) is 4.42. The van der Waals surface area contributed by atoms with Crippen molar-refractivity contribution in [2.75, 3.05) is 27.2 Å². The number of hydrogen-bond acceptors (Lipinski definition) is 4. The Balaban J connectivity index is 1.70. The molecule has 2 unspecified atom stereocenters. The predicted molar refractivity (Wildman–Crippen MR) is 98.2 cm³/mol. The molecule has 0 bridgehead atoms. The molecule has 1 N–H and O–H groups in total. The SMILES string of the molecule is CN1CCC(N(C)C(c2cn[nH]c2)c2cccc(-c3ccco3)c2)C1. The smallest absolute Gasteiger partial charge is 0.133 e. The van der Waals surface area contributed by atoms with Crippen molar-refractivity contribution in [3.63, 3.8) is 0 Å². The van der Waals surface area contributed by atoms with Crippen LogP contribution in [0.4, 0.5) is 0 Å². The highest BCUT2D eigenvalue weighted by Crippen LogP contribution is 2.33. The van der Waals surface area contributed by atoms with E-state index in [0.717, 1.165) is 24.4 Å². The minimum absolute atomic E-state index is 0.171. The molecule has 1 aromatic carbocycles. The van der Waals surface area contributed by atoms with Gasteiger partial charge in [-0.3, -0.25) is 10.00 Å². The third-order valence-electron chi connectivity index (χ3n) is 5.19. The molecule has 130 valence electrons. The van der Waals surface area contributed by atoms with Gasteiger partial charge in [0.25, 0.3) is 0 Å². The molecule has 1 aliphatic rings. The van der Waals surface area contributed by atoms with Crippen molar-refractivity contribution in [2.45, 2.75) is 18.5 Å². The molecule has 0 saturated carbocycles. The number of rotatable bonds is 5. The van der Waals surface area contributed by atoms with Crippen LogP contribution in [0, 0.1) is 0 Å². The molecule has 2 atom stereocenters. The van der Waals surface area contributed by atoms with Crippen molar-refractivity contribution in [2.24, 2.45) is 0 Å². The van der Waals surface area contributed by atoms with Crippen LogP contribution in [-0.2, 0) is 0 Å². The van der Waals surface area contributed by atoms with Crippen LogP contribution < -0.4 is 0 Å². The van der Waals surface area contributed by atoms with Crippen molar-refractivity contribution in [1.29, 1.82) is 0 Å². The van der Waals surface area contributed by atoms with Crippen molar-refractivity contribution in [3.8, 4) is 11.3 Å². The Hall–Kier alpha value is -2.37. The molecule has 2 aromatic heterocycles. The Morgan fingerprint density at radius 3 is 2.88 bits per heavy atom. The summed E-state index contributed by atoms with van der Waals surface area (Å²) in [4.78, 5) is 4.88. The highest BCUT2D eigenvalue weighted by molar-refractivity contribution is 5.58. The number of hydrogen-bond donors (Lipinski definition) is 1. The average Bonchev–Trinajstić information content (AvgIpc) is 3.38. The molecule has 3 heterocycles. The van der Waals surface area contributed by atoms with Crippen molar-refractivity contribution >= 4 is 0 Å². The maximum absolute atomic E-state index is 5.58. The quantitative estimate of drug-likeness (QED) is 0.776. The highest BCUT2D eigenvalue weighted by Gasteiger charge is 2.30. The maximum atomic E-state index is 5.58. The molecular weight excluding hydrogens is 312 g/mol. The molecule has 3 aromatic rings. The second kappa shape index (κ2) is 6.86. The van der Waals surface area contributed by atoms with Crippen molar-refractivity contribution in [3.05, 3.63) is 66.2 Å². The van der Waals surface area contributed by atoms with Crippen LogP contribution in [0.15, 0.2) is 59.5 Å². The lowest BCUT2D eigenvalue weighted by Crippen LogP contribution is -2.37. The first-order valence-electron chi connectivity index (χ1n) is 8.75. The summed E-state index contributed by atoms with van der Waals surface area (Å²) < 4.78 is 5.58. The number of H-pyrrole nitrogens is 1. The number of likely N-dealkylation sites (N-methyl/N-ethyl adjacent to an activating group) is 2. The van der Waals surface area contributed by atoms with E-state index in [0.29, 0.717) is 6.04 Å². The molecule has 1 fully saturated rings. The van der Waals surface area contributed by atoms with Gasteiger partial charge >= 0.3 is 0 Å². The zero-order chi connectivity index (χ0) is 17.2. The summed E-state index contributed by atoms with van der Waals surface area (Å²) in [5.41, 5.74) is 3.55. The largest absolute Gasteiger partial charge is 0.464 e. The normalized spacial score (nSPS) is 19.6. The van der Waals surface area contributed by atoms with Gasteiger partial charge in [-0.05, 0) is 50.8 Å². The number of nitrogens with zero attached hydrogens (tertiary/aromatic N) is 3. The Labute approximate surface area is 148 Å². The van der Waals surface area contributed by atoms with Gasteiger partial charge in [-0.2, -0.15) is 5.10 Å². The Morgan fingerprint density at radius 2 is 2.20 bits per heavy atom. The van der Waals surface area contributed by atoms with Crippen molar-refractivity contribution < 1.29 is 4.42 Å². The second-order valence-electron chi connectivity index (χ2n) is 6.91. The Bertz CT molecular complexity index is 797. The summed E-state index contributed by atoms with van der Waals surface area (Å²) >= 11 is 0. The molecular formula is C20H24N4O. The van der Waals surface area contributed by atoms with E-state index in [2.05, 4.69) is 58.4 Å². The molecule has 0 aliphatic carbocycles. The lowest BCUT2D eigenvalue weighted by atomic mass is 9.96. The van der Waals surface area contributed by atoms with Crippen LogP contribution in [0.2, 0.25) is 0 Å². The fourth-order valence-electron chi connectivity index (χ4n) is 3.83. The van der Waals surface area contributed by atoms with Gasteiger partial charge in [0.05, 0.1) is 18.5 Å². The van der Waals surface area contributed by atoms with E-state index in [-0.39, 0.29) is 6.04 Å². The lowest BCUT2D eigenvalue weighted by molar-refractivity contribution is 0.200. The van der Waals surface area contributed by atoms with E-state index in [4.69, 9.17) is 4.42 Å². The Morgan fingerprint density at radius 1 is 1.28 bits per heavy atom. The summed E-state index contributed by atoms with van der Waals surface area (Å²) in [6.45, 7) is 2.25. The standard InChI is InChI=1S/C20H24N4O/c1-23-9-8-18(14-23)24(2)20(17-12-21-22-13-17)16-6-3-5-15(11-16)19-7-4-10-25-19/h3-7,10-13,18,20H,8-9,14H2,1-2H3,(H,21,22). The molecule has 0 radical (unpaired) electrons. The minimum Gasteiger partial charge on any atom is -0.464 e. The van der Waals surface area contributed by atoms with Gasteiger partial charge in [-0.1, -0.05) is 18.2 Å². The summed E-state index contributed by atoms with van der Waals surface area (Å²) in [5, 5.41) is 7.16. The molecule has 1 aliphatic heterocycles. The van der Waals surface area contributed by atoms with Crippen LogP contribution in [-0.4, -0.2) is 53.2 Å². The van der Waals surface area contributed by atoms with E-state index >= 15 is 0 Å². The molecule has 0 amide bonds. The van der Waals surface area contributed by atoms with E-state index in [1.807, 2.05) is 24.5 Å². The summed E-state index contributed by atoms with van der Waals surface area (Å²) in [7, 11) is 4.42. The average molecular weight is 336 g/mol. The zero-order valence-corrected chi connectivity index (χ0v) is 14.7. The van der Waals surface area contributed by atoms with Gasteiger partial charge in [0, 0.05) is 29.9 Å². The number of aromatic nitrogens is 2. The topological polar surface area (TPSA) is 48.3 Å². The zero-order valence-electron chi connectivity index (χ0n) is 14.7. The fraction of sp³-hybridized carbons (Fsp3) is 0.350. The first-order valence-corrected chi connectivity index (χ1v) is 8.75. The molecule has 0 spiro atoms. The summed E-state index contributed by atoms with van der Waals surface area (Å²) in [6, 6.07) is 13.3. The lowest BCUT2D eigenvalue weighted by Gasteiger charge is -2.33. The third-order valence-corrected chi connectivity index (χ3v) is 5.19. The minimum atomic E-state index is 0.171. The van der Waals surface area contributed by atoms with E-state index < -0.39 is 0 Å². The van der Waals surface area contributed by atoms with E-state index in [9.17, 15) is 0 Å². The molecule has 4 rings (SSSR count). The number of likely N-dealkylation sites (tertiary alicyclic amines) is 1. The molecule has 25 heavy (non-hydrogen) atoms. The highest BCUT2D eigenvalue weighted by atomic mass is 16.3. The monoisotopic (exact) mass is 336 g/mol. The summed E-state index contributed by atoms with van der Waals surface area (Å²) in [6.07, 6.45) is 6.84. The first-order chi connectivity index (χ1) is 12.2. The van der Waals surface area contributed by atoms with E-state index in [1.165, 1.54) is 17.5 Å². The van der Waals surface area contributed by atoms with Crippen LogP contribution in [0.3, 0.4) is 0 Å². The molecule has 5 heteroatoms. The van der Waals surface area contributed by atoms with Crippen LogP contribution >= 0.6 is 0 Å².